The summed E-state index contributed by atoms with van der Waals surface area (Å²) >= 11 is 0. The van der Waals surface area contributed by atoms with Crippen LogP contribution in [0.15, 0.2) is 30.3 Å². The average molecular weight is 331 g/mol. The van der Waals surface area contributed by atoms with E-state index in [9.17, 15) is 14.4 Å². The zero-order valence-corrected chi connectivity index (χ0v) is 14.2. The number of benzene rings is 1. The first-order valence-corrected chi connectivity index (χ1v) is 8.38. The SMILES string of the molecule is CN(CCCNC(=O)CCN1C(=O)CCC1=O)Cc1ccccc1. The molecule has 1 saturated heterocycles. The Morgan fingerprint density at radius 2 is 1.83 bits per heavy atom. The summed E-state index contributed by atoms with van der Waals surface area (Å²) in [6.45, 7) is 2.56. The fraction of sp³-hybridized carbons (Fsp3) is 0.500. The lowest BCUT2D eigenvalue weighted by molar-refractivity contribution is -0.138. The highest BCUT2D eigenvalue weighted by molar-refractivity contribution is 6.02. The van der Waals surface area contributed by atoms with Gasteiger partial charge in [0.15, 0.2) is 0 Å². The third-order valence-corrected chi connectivity index (χ3v) is 4.05. The van der Waals surface area contributed by atoms with Gasteiger partial charge in [0.25, 0.3) is 0 Å². The number of amides is 3. The molecule has 1 fully saturated rings. The fourth-order valence-electron chi connectivity index (χ4n) is 2.72. The highest BCUT2D eigenvalue weighted by Gasteiger charge is 2.28. The van der Waals surface area contributed by atoms with Gasteiger partial charge in [0.2, 0.25) is 17.7 Å². The first-order valence-electron chi connectivity index (χ1n) is 8.38. The second-order valence-electron chi connectivity index (χ2n) is 6.12. The summed E-state index contributed by atoms with van der Waals surface area (Å²) in [5.74, 6) is -0.459. The lowest BCUT2D eigenvalue weighted by Gasteiger charge is -2.17. The van der Waals surface area contributed by atoms with E-state index < -0.39 is 0 Å². The van der Waals surface area contributed by atoms with E-state index in [0.29, 0.717) is 6.54 Å². The Morgan fingerprint density at radius 3 is 2.50 bits per heavy atom. The number of nitrogens with one attached hydrogen (secondary N) is 1. The second-order valence-corrected chi connectivity index (χ2v) is 6.12. The van der Waals surface area contributed by atoms with E-state index in [-0.39, 0.29) is 43.5 Å². The maximum Gasteiger partial charge on any atom is 0.229 e. The Kier molecular flexibility index (Phi) is 6.93. The Hall–Kier alpha value is -2.21. The van der Waals surface area contributed by atoms with Crippen molar-refractivity contribution in [3.63, 3.8) is 0 Å². The smallest absolute Gasteiger partial charge is 0.229 e. The van der Waals surface area contributed by atoms with E-state index >= 15 is 0 Å². The number of nitrogens with zero attached hydrogens (tertiary/aromatic N) is 2. The van der Waals surface area contributed by atoms with E-state index in [2.05, 4.69) is 29.4 Å². The van der Waals surface area contributed by atoms with E-state index in [1.165, 1.54) is 10.5 Å². The van der Waals surface area contributed by atoms with Crippen LogP contribution < -0.4 is 5.32 Å². The number of rotatable bonds is 9. The van der Waals surface area contributed by atoms with Crippen molar-refractivity contribution in [2.24, 2.45) is 0 Å². The van der Waals surface area contributed by atoms with Crippen LogP contribution in [0.25, 0.3) is 0 Å². The summed E-state index contributed by atoms with van der Waals surface area (Å²) in [6.07, 6.45) is 1.58. The summed E-state index contributed by atoms with van der Waals surface area (Å²) < 4.78 is 0. The van der Waals surface area contributed by atoms with Crippen LogP contribution in [0.3, 0.4) is 0 Å². The molecule has 130 valence electrons. The highest BCUT2D eigenvalue weighted by atomic mass is 16.2. The molecule has 0 aliphatic carbocycles. The molecule has 0 unspecified atom stereocenters. The van der Waals surface area contributed by atoms with Crippen LogP contribution in [0, 0.1) is 0 Å². The van der Waals surface area contributed by atoms with Crippen molar-refractivity contribution in [1.82, 2.24) is 15.1 Å². The van der Waals surface area contributed by atoms with Gasteiger partial charge in [0.1, 0.15) is 0 Å². The maximum atomic E-state index is 11.8. The first-order chi connectivity index (χ1) is 11.6. The molecule has 0 aromatic heterocycles. The Bertz CT molecular complexity index is 558. The summed E-state index contributed by atoms with van der Waals surface area (Å²) in [5, 5.41) is 2.84. The number of carbonyl (C=O) groups is 3. The van der Waals surface area contributed by atoms with E-state index in [1.807, 2.05) is 18.2 Å². The van der Waals surface area contributed by atoms with Crippen molar-refractivity contribution in [3.05, 3.63) is 35.9 Å². The van der Waals surface area contributed by atoms with Gasteiger partial charge in [-0.05, 0) is 25.6 Å². The third-order valence-electron chi connectivity index (χ3n) is 4.05. The maximum absolute atomic E-state index is 11.8. The van der Waals surface area contributed by atoms with Crippen LogP contribution in [0.4, 0.5) is 0 Å². The molecule has 1 aromatic carbocycles. The number of hydrogen-bond acceptors (Lipinski definition) is 4. The standard InChI is InChI=1S/C18H25N3O3/c1-20(14-15-6-3-2-4-7-15)12-5-11-19-16(22)10-13-21-17(23)8-9-18(21)24/h2-4,6-7H,5,8-14H2,1H3,(H,19,22). The number of likely N-dealkylation sites (tertiary alicyclic amines) is 1. The molecule has 1 aliphatic heterocycles. The molecular formula is C18H25N3O3. The van der Waals surface area contributed by atoms with Gasteiger partial charge in [-0.25, -0.2) is 0 Å². The number of hydrogen-bond donors (Lipinski definition) is 1. The Morgan fingerprint density at radius 1 is 1.17 bits per heavy atom. The van der Waals surface area contributed by atoms with Crippen LogP contribution >= 0.6 is 0 Å². The predicted octanol–water partition coefficient (Wildman–Crippen LogP) is 1.16. The highest BCUT2D eigenvalue weighted by Crippen LogP contribution is 2.11. The molecule has 0 atom stereocenters. The van der Waals surface area contributed by atoms with Crippen molar-refractivity contribution in [2.75, 3.05) is 26.7 Å². The van der Waals surface area contributed by atoms with Crippen molar-refractivity contribution in [2.45, 2.75) is 32.2 Å². The van der Waals surface area contributed by atoms with Crippen LogP contribution in [0.5, 0.6) is 0 Å². The van der Waals surface area contributed by atoms with Gasteiger partial charge in [0, 0.05) is 38.9 Å². The van der Waals surface area contributed by atoms with Gasteiger partial charge < -0.3 is 10.2 Å². The van der Waals surface area contributed by atoms with Gasteiger partial charge in [-0.2, -0.15) is 0 Å². The fourth-order valence-corrected chi connectivity index (χ4v) is 2.72. The first kappa shape index (κ1) is 18.1. The molecular weight excluding hydrogens is 306 g/mol. The molecule has 0 spiro atoms. The summed E-state index contributed by atoms with van der Waals surface area (Å²) in [4.78, 5) is 38.1. The van der Waals surface area contributed by atoms with E-state index in [1.54, 1.807) is 0 Å². The molecule has 24 heavy (non-hydrogen) atoms. The van der Waals surface area contributed by atoms with Crippen LogP contribution in [0.2, 0.25) is 0 Å². The molecule has 0 bridgehead atoms. The average Bonchev–Trinajstić information content (AvgIpc) is 2.89. The van der Waals surface area contributed by atoms with Gasteiger partial charge in [-0.3, -0.25) is 19.3 Å². The molecule has 0 saturated carbocycles. The normalized spacial score (nSPS) is 14.5. The molecule has 1 aromatic rings. The molecule has 3 amide bonds. The minimum Gasteiger partial charge on any atom is -0.356 e. The van der Waals surface area contributed by atoms with Crippen molar-refractivity contribution >= 4 is 17.7 Å². The molecule has 1 heterocycles. The summed E-state index contributed by atoms with van der Waals surface area (Å²) in [6, 6.07) is 10.2. The Labute approximate surface area is 142 Å². The molecule has 6 nitrogen and oxygen atoms in total. The van der Waals surface area contributed by atoms with E-state index in [4.69, 9.17) is 0 Å². The third kappa shape index (κ3) is 5.77. The van der Waals surface area contributed by atoms with E-state index in [0.717, 1.165) is 19.5 Å². The molecule has 2 rings (SSSR count). The molecule has 1 aliphatic rings. The largest absolute Gasteiger partial charge is 0.356 e. The summed E-state index contributed by atoms with van der Waals surface area (Å²) in [5.41, 5.74) is 1.27. The zero-order chi connectivity index (χ0) is 17.4. The van der Waals surface area contributed by atoms with Crippen LogP contribution in [-0.4, -0.2) is 54.2 Å². The molecule has 0 radical (unpaired) electrons. The predicted molar refractivity (Wildman–Crippen MR) is 91.0 cm³/mol. The molecule has 6 heteroatoms. The summed E-state index contributed by atoms with van der Waals surface area (Å²) in [7, 11) is 2.05. The second kappa shape index (κ2) is 9.17. The monoisotopic (exact) mass is 331 g/mol. The molecule has 1 N–H and O–H groups in total. The number of carbonyl (C=O) groups excluding carboxylic acids is 3. The van der Waals surface area contributed by atoms with Gasteiger partial charge >= 0.3 is 0 Å². The van der Waals surface area contributed by atoms with Crippen molar-refractivity contribution < 1.29 is 14.4 Å². The zero-order valence-electron chi connectivity index (χ0n) is 14.2. The minimum absolute atomic E-state index is 0.117. The van der Waals surface area contributed by atoms with Crippen molar-refractivity contribution in [1.29, 1.82) is 0 Å². The van der Waals surface area contributed by atoms with Gasteiger partial charge in [-0.1, -0.05) is 30.3 Å². The lowest BCUT2D eigenvalue weighted by atomic mass is 10.2. The van der Waals surface area contributed by atoms with Crippen molar-refractivity contribution in [3.8, 4) is 0 Å². The topological polar surface area (TPSA) is 69.7 Å². The Balaban J connectivity index is 1.56. The minimum atomic E-state index is -0.171. The van der Waals surface area contributed by atoms with Crippen LogP contribution in [0.1, 0.15) is 31.2 Å². The van der Waals surface area contributed by atoms with Gasteiger partial charge in [-0.15, -0.1) is 0 Å². The van der Waals surface area contributed by atoms with Crippen LogP contribution in [-0.2, 0) is 20.9 Å². The number of imide groups is 1. The van der Waals surface area contributed by atoms with Gasteiger partial charge in [0.05, 0.1) is 0 Å². The quantitative estimate of drug-likeness (QED) is 0.545. The lowest BCUT2D eigenvalue weighted by Crippen LogP contribution is -2.34.